The van der Waals surface area contributed by atoms with Crippen molar-refractivity contribution in [3.63, 3.8) is 0 Å². The Morgan fingerprint density at radius 1 is 1.33 bits per heavy atom. The van der Waals surface area contributed by atoms with E-state index in [9.17, 15) is 4.79 Å². The van der Waals surface area contributed by atoms with Crippen LogP contribution in [0.25, 0.3) is 0 Å². The molecule has 1 atom stereocenters. The van der Waals surface area contributed by atoms with Crippen molar-refractivity contribution in [2.75, 3.05) is 6.54 Å². The van der Waals surface area contributed by atoms with Crippen LogP contribution in [0.3, 0.4) is 0 Å². The van der Waals surface area contributed by atoms with E-state index >= 15 is 0 Å². The molecule has 1 aliphatic carbocycles. The van der Waals surface area contributed by atoms with Crippen LogP contribution in [0.5, 0.6) is 0 Å². The monoisotopic (exact) mass is 308 g/mol. The van der Waals surface area contributed by atoms with Crippen LogP contribution in [0.1, 0.15) is 61.0 Å². The van der Waals surface area contributed by atoms with Gasteiger partial charge in [-0.1, -0.05) is 39.0 Å². The summed E-state index contributed by atoms with van der Waals surface area (Å²) < 4.78 is 0. The number of carbonyl (C=O) groups is 1. The number of carbonyl (C=O) groups excluding carboxylic acids is 1. The number of amides is 1. The topological polar surface area (TPSA) is 42.0 Å². The highest BCUT2D eigenvalue weighted by Gasteiger charge is 2.21. The van der Waals surface area contributed by atoms with Crippen LogP contribution in [-0.2, 0) is 11.2 Å². The van der Waals surface area contributed by atoms with Crippen LogP contribution in [0, 0.1) is 25.7 Å². The lowest BCUT2D eigenvalue weighted by Gasteiger charge is -2.27. The fraction of sp³-hybridized carbons (Fsp3) is 0.765. The summed E-state index contributed by atoms with van der Waals surface area (Å²) in [5.41, 5.74) is 1.11. The summed E-state index contributed by atoms with van der Waals surface area (Å²) in [5, 5.41) is 4.19. The van der Waals surface area contributed by atoms with E-state index < -0.39 is 0 Å². The molecule has 0 aliphatic heterocycles. The number of rotatable bonds is 6. The summed E-state index contributed by atoms with van der Waals surface area (Å²) in [6.07, 6.45) is 8.29. The van der Waals surface area contributed by atoms with Crippen molar-refractivity contribution >= 4 is 17.2 Å². The third kappa shape index (κ3) is 5.10. The molecule has 0 radical (unpaired) electrons. The van der Waals surface area contributed by atoms with E-state index in [0.717, 1.165) is 29.6 Å². The van der Waals surface area contributed by atoms with Crippen molar-refractivity contribution in [3.05, 3.63) is 15.6 Å². The quantitative estimate of drug-likeness (QED) is 0.862. The van der Waals surface area contributed by atoms with Gasteiger partial charge in [0.25, 0.3) is 0 Å². The van der Waals surface area contributed by atoms with Crippen molar-refractivity contribution in [3.8, 4) is 0 Å². The van der Waals surface area contributed by atoms with Crippen molar-refractivity contribution in [2.24, 2.45) is 11.8 Å². The smallest absolute Gasteiger partial charge is 0.220 e. The maximum absolute atomic E-state index is 12.1. The van der Waals surface area contributed by atoms with Crippen LogP contribution < -0.4 is 5.32 Å². The number of aryl methyl sites for hydroxylation is 2. The largest absolute Gasteiger partial charge is 0.356 e. The third-order valence-corrected chi connectivity index (χ3v) is 5.77. The second-order valence-electron chi connectivity index (χ2n) is 6.42. The molecule has 0 aromatic carbocycles. The standard InChI is InChI=1S/C17H28N2OS/c1-12(15-7-5-4-6-8-15)11-17(20)18-10-9-16-13(2)19-14(3)21-16/h12,15H,4-11H2,1-3H3,(H,18,20). The second kappa shape index (κ2) is 7.92. The zero-order chi connectivity index (χ0) is 15.2. The summed E-state index contributed by atoms with van der Waals surface area (Å²) in [7, 11) is 0. The maximum Gasteiger partial charge on any atom is 0.220 e. The van der Waals surface area contributed by atoms with Gasteiger partial charge in [0.1, 0.15) is 0 Å². The van der Waals surface area contributed by atoms with Crippen molar-refractivity contribution in [2.45, 2.75) is 65.7 Å². The third-order valence-electron chi connectivity index (χ3n) is 4.64. The van der Waals surface area contributed by atoms with Gasteiger partial charge in [-0.15, -0.1) is 11.3 Å². The molecule has 1 aromatic heterocycles. The maximum atomic E-state index is 12.1. The fourth-order valence-electron chi connectivity index (χ4n) is 3.36. The van der Waals surface area contributed by atoms with Crippen molar-refractivity contribution in [1.29, 1.82) is 0 Å². The molecule has 1 heterocycles. The normalized spacial score (nSPS) is 17.7. The number of nitrogens with zero attached hydrogens (tertiary/aromatic N) is 1. The first-order chi connectivity index (χ1) is 10.1. The van der Waals surface area contributed by atoms with Gasteiger partial charge < -0.3 is 5.32 Å². The van der Waals surface area contributed by atoms with Gasteiger partial charge in [0.2, 0.25) is 5.91 Å². The molecule has 118 valence electrons. The molecule has 0 spiro atoms. The number of thiazole rings is 1. The molecule has 1 unspecified atom stereocenters. The highest BCUT2D eigenvalue weighted by atomic mass is 32.1. The van der Waals surface area contributed by atoms with Crippen LogP contribution in [0.2, 0.25) is 0 Å². The SMILES string of the molecule is Cc1nc(C)c(CCNC(=O)CC(C)C2CCCCC2)s1. The Kier molecular flexibility index (Phi) is 6.22. The van der Waals surface area contributed by atoms with Crippen molar-refractivity contribution < 1.29 is 4.79 Å². The molecule has 21 heavy (non-hydrogen) atoms. The Bertz CT molecular complexity index is 463. The Labute approximate surface area is 132 Å². The molecule has 1 saturated carbocycles. The molecule has 1 N–H and O–H groups in total. The number of aromatic nitrogens is 1. The lowest BCUT2D eigenvalue weighted by molar-refractivity contribution is -0.122. The molecule has 3 nitrogen and oxygen atoms in total. The number of hydrogen-bond donors (Lipinski definition) is 1. The molecule has 2 rings (SSSR count). The van der Waals surface area contributed by atoms with Gasteiger partial charge >= 0.3 is 0 Å². The average Bonchev–Trinajstić information content (AvgIpc) is 2.78. The first-order valence-corrected chi connectivity index (χ1v) is 9.07. The minimum Gasteiger partial charge on any atom is -0.356 e. The highest BCUT2D eigenvalue weighted by molar-refractivity contribution is 7.11. The molecule has 1 amide bonds. The number of nitrogens with one attached hydrogen (secondary N) is 1. The molecular formula is C17H28N2OS. The summed E-state index contributed by atoms with van der Waals surface area (Å²) in [6, 6.07) is 0. The minimum absolute atomic E-state index is 0.215. The zero-order valence-corrected chi connectivity index (χ0v) is 14.4. The van der Waals surface area contributed by atoms with Crippen LogP contribution in [0.4, 0.5) is 0 Å². The fourth-order valence-corrected chi connectivity index (χ4v) is 4.29. The van der Waals surface area contributed by atoms with E-state index in [2.05, 4.69) is 17.2 Å². The molecular weight excluding hydrogens is 280 g/mol. The molecule has 0 bridgehead atoms. The first kappa shape index (κ1) is 16.5. The molecule has 1 fully saturated rings. The van der Waals surface area contributed by atoms with Crippen molar-refractivity contribution in [1.82, 2.24) is 10.3 Å². The predicted molar refractivity (Wildman–Crippen MR) is 88.7 cm³/mol. The van der Waals surface area contributed by atoms with Gasteiger partial charge in [-0.2, -0.15) is 0 Å². The predicted octanol–water partition coefficient (Wildman–Crippen LogP) is 4.03. The molecule has 1 aromatic rings. The van der Waals surface area contributed by atoms with Gasteiger partial charge in [0, 0.05) is 24.3 Å². The van der Waals surface area contributed by atoms with Crippen LogP contribution >= 0.6 is 11.3 Å². The molecule has 1 aliphatic rings. The summed E-state index contributed by atoms with van der Waals surface area (Å²) >= 11 is 1.74. The Morgan fingerprint density at radius 3 is 2.67 bits per heavy atom. The Balaban J connectivity index is 1.68. The Morgan fingerprint density at radius 2 is 2.05 bits per heavy atom. The zero-order valence-electron chi connectivity index (χ0n) is 13.6. The van der Waals surface area contributed by atoms with E-state index in [4.69, 9.17) is 0 Å². The lowest BCUT2D eigenvalue weighted by atomic mass is 9.79. The van der Waals surface area contributed by atoms with Gasteiger partial charge in [-0.05, 0) is 25.7 Å². The summed E-state index contributed by atoms with van der Waals surface area (Å²) in [4.78, 5) is 17.8. The Hall–Kier alpha value is -0.900. The van der Waals surface area contributed by atoms with E-state index in [-0.39, 0.29) is 5.91 Å². The van der Waals surface area contributed by atoms with Gasteiger partial charge in [0.05, 0.1) is 10.7 Å². The van der Waals surface area contributed by atoms with E-state index in [1.54, 1.807) is 11.3 Å². The van der Waals surface area contributed by atoms with Gasteiger partial charge in [0.15, 0.2) is 0 Å². The molecule has 4 heteroatoms. The average molecular weight is 308 g/mol. The van der Waals surface area contributed by atoms with E-state index in [1.165, 1.54) is 37.0 Å². The van der Waals surface area contributed by atoms with E-state index in [1.807, 2.05) is 13.8 Å². The highest BCUT2D eigenvalue weighted by Crippen LogP contribution is 2.31. The summed E-state index contributed by atoms with van der Waals surface area (Å²) in [5.74, 6) is 1.50. The summed E-state index contributed by atoms with van der Waals surface area (Å²) in [6.45, 7) is 7.06. The van der Waals surface area contributed by atoms with Gasteiger partial charge in [-0.3, -0.25) is 4.79 Å². The minimum atomic E-state index is 0.215. The lowest BCUT2D eigenvalue weighted by Crippen LogP contribution is -2.29. The molecule has 0 saturated heterocycles. The van der Waals surface area contributed by atoms with Crippen LogP contribution in [-0.4, -0.2) is 17.4 Å². The first-order valence-electron chi connectivity index (χ1n) is 8.26. The number of hydrogen-bond acceptors (Lipinski definition) is 3. The second-order valence-corrected chi connectivity index (χ2v) is 7.71. The van der Waals surface area contributed by atoms with Gasteiger partial charge in [-0.25, -0.2) is 4.98 Å². The van der Waals surface area contributed by atoms with E-state index in [0.29, 0.717) is 12.3 Å². The van der Waals surface area contributed by atoms with Crippen LogP contribution in [0.15, 0.2) is 0 Å².